The highest BCUT2D eigenvalue weighted by molar-refractivity contribution is 6.20. The summed E-state index contributed by atoms with van der Waals surface area (Å²) >= 11 is 0. The summed E-state index contributed by atoms with van der Waals surface area (Å²) in [4.78, 5) is 23.3. The van der Waals surface area contributed by atoms with Gasteiger partial charge in [-0.3, -0.25) is 19.7 Å². The molecule has 1 amide bonds. The summed E-state index contributed by atoms with van der Waals surface area (Å²) in [6.07, 6.45) is 0. The van der Waals surface area contributed by atoms with Crippen LogP contribution in [0.5, 0.6) is 0 Å². The molecule has 0 aliphatic carbocycles. The largest absolute Gasteiger partial charge is 0.298 e. The second-order valence-electron chi connectivity index (χ2n) is 6.07. The molecule has 0 spiro atoms. The van der Waals surface area contributed by atoms with Crippen molar-refractivity contribution < 1.29 is 4.79 Å². The lowest BCUT2D eigenvalue weighted by atomic mass is 10.0. The molecule has 1 aromatic heterocycles. The zero-order valence-corrected chi connectivity index (χ0v) is 17.1. The molecule has 1 aromatic carbocycles. The first kappa shape index (κ1) is 20.8. The fourth-order valence-electron chi connectivity index (χ4n) is 2.84. The highest BCUT2D eigenvalue weighted by Gasteiger charge is 2.40. The number of aliphatic imine (C=N–C) groups is 1. The van der Waals surface area contributed by atoms with E-state index in [1.165, 1.54) is 0 Å². The second kappa shape index (κ2) is 8.24. The fourth-order valence-corrected chi connectivity index (χ4v) is 2.84. The van der Waals surface area contributed by atoms with E-state index in [0.717, 1.165) is 33.6 Å². The Morgan fingerprint density at radius 3 is 2.08 bits per heavy atom. The van der Waals surface area contributed by atoms with Gasteiger partial charge < -0.3 is 0 Å². The number of nitrogens with zero attached hydrogens (tertiary/aromatic N) is 3. The summed E-state index contributed by atoms with van der Waals surface area (Å²) in [5.74, 6) is 0.764. The molecule has 136 valence electrons. The molecule has 2 aromatic rings. The summed E-state index contributed by atoms with van der Waals surface area (Å²) in [6, 6.07) is 8.00. The number of amidine groups is 1. The van der Waals surface area contributed by atoms with Crippen molar-refractivity contribution in [1.29, 1.82) is 0 Å². The standard InChI is InChI=1S/C17H19N3O.2C2H6/c1-10-11(2)18-13-9-7-6-8-12(13)14(10)15-19-17(3,4)16(21)20(15)5;2*1-2/h6-9H,1-5H3;2*1-2H3. The number of carbonyl (C=O) groups is 1. The minimum absolute atomic E-state index is 0.0236. The van der Waals surface area contributed by atoms with Gasteiger partial charge in [0.15, 0.2) is 0 Å². The van der Waals surface area contributed by atoms with Crippen molar-refractivity contribution in [1.82, 2.24) is 9.88 Å². The Morgan fingerprint density at radius 2 is 1.56 bits per heavy atom. The molecular formula is C21H31N3O. The second-order valence-corrected chi connectivity index (χ2v) is 6.07. The van der Waals surface area contributed by atoms with Crippen molar-refractivity contribution in [3.8, 4) is 0 Å². The quantitative estimate of drug-likeness (QED) is 0.740. The van der Waals surface area contributed by atoms with E-state index < -0.39 is 5.54 Å². The number of rotatable bonds is 1. The topological polar surface area (TPSA) is 45.6 Å². The van der Waals surface area contributed by atoms with Gasteiger partial charge in [-0.2, -0.15) is 0 Å². The van der Waals surface area contributed by atoms with E-state index in [-0.39, 0.29) is 5.91 Å². The molecule has 0 bridgehead atoms. The number of amides is 1. The molecule has 0 radical (unpaired) electrons. The number of benzene rings is 1. The third-order valence-corrected chi connectivity index (χ3v) is 4.13. The normalized spacial score (nSPS) is 15.2. The van der Waals surface area contributed by atoms with Gasteiger partial charge in [0, 0.05) is 23.7 Å². The number of likely N-dealkylation sites (N-methyl/N-ethyl adjacent to an activating group) is 1. The average molecular weight is 341 g/mol. The lowest BCUT2D eigenvalue weighted by Crippen LogP contribution is -2.36. The third kappa shape index (κ3) is 3.73. The number of aryl methyl sites for hydroxylation is 1. The number of aromatic nitrogens is 1. The lowest BCUT2D eigenvalue weighted by molar-refractivity contribution is -0.129. The summed E-state index contributed by atoms with van der Waals surface area (Å²) in [5, 5.41) is 1.04. The first-order chi connectivity index (χ1) is 11.8. The minimum atomic E-state index is -0.700. The molecule has 0 unspecified atom stereocenters. The van der Waals surface area contributed by atoms with Crippen LogP contribution in [0.1, 0.15) is 58.4 Å². The fraction of sp³-hybridized carbons (Fsp3) is 0.476. The van der Waals surface area contributed by atoms with E-state index in [4.69, 9.17) is 0 Å². The average Bonchev–Trinajstić information content (AvgIpc) is 2.82. The van der Waals surface area contributed by atoms with Crippen LogP contribution in [0.2, 0.25) is 0 Å². The Labute approximate surface area is 152 Å². The Morgan fingerprint density at radius 1 is 1.00 bits per heavy atom. The zero-order chi connectivity index (χ0) is 19.4. The first-order valence-corrected chi connectivity index (χ1v) is 9.07. The van der Waals surface area contributed by atoms with Crippen LogP contribution in [0, 0.1) is 13.8 Å². The van der Waals surface area contributed by atoms with Crippen LogP contribution in [0.25, 0.3) is 10.9 Å². The number of carbonyl (C=O) groups excluding carboxylic acids is 1. The lowest BCUT2D eigenvalue weighted by Gasteiger charge is -2.18. The highest BCUT2D eigenvalue weighted by atomic mass is 16.2. The van der Waals surface area contributed by atoms with E-state index in [9.17, 15) is 4.79 Å². The molecule has 1 aliphatic rings. The zero-order valence-electron chi connectivity index (χ0n) is 17.1. The predicted octanol–water partition coefficient (Wildman–Crippen LogP) is 4.90. The van der Waals surface area contributed by atoms with Crippen LogP contribution < -0.4 is 0 Å². The summed E-state index contributed by atoms with van der Waals surface area (Å²) in [6.45, 7) is 15.7. The van der Waals surface area contributed by atoms with Gasteiger partial charge in [0.1, 0.15) is 11.4 Å². The van der Waals surface area contributed by atoms with Crippen LogP contribution in [-0.4, -0.2) is 34.2 Å². The van der Waals surface area contributed by atoms with Crippen molar-refractivity contribution in [2.45, 2.75) is 60.9 Å². The van der Waals surface area contributed by atoms with Crippen molar-refractivity contribution in [3.63, 3.8) is 0 Å². The van der Waals surface area contributed by atoms with E-state index in [1.54, 1.807) is 11.9 Å². The molecule has 0 atom stereocenters. The molecule has 4 nitrogen and oxygen atoms in total. The number of hydrogen-bond donors (Lipinski definition) is 0. The smallest absolute Gasteiger partial charge is 0.255 e. The van der Waals surface area contributed by atoms with Crippen LogP contribution >= 0.6 is 0 Å². The Hall–Kier alpha value is -2.23. The van der Waals surface area contributed by atoms with Gasteiger partial charge in [0.05, 0.1) is 5.52 Å². The van der Waals surface area contributed by atoms with Crippen LogP contribution in [0.4, 0.5) is 0 Å². The number of para-hydroxylation sites is 1. The van der Waals surface area contributed by atoms with Crippen molar-refractivity contribution in [2.75, 3.05) is 7.05 Å². The minimum Gasteiger partial charge on any atom is -0.298 e. The van der Waals surface area contributed by atoms with E-state index in [0.29, 0.717) is 0 Å². The van der Waals surface area contributed by atoms with Gasteiger partial charge in [-0.25, -0.2) is 0 Å². The van der Waals surface area contributed by atoms with E-state index in [1.807, 2.05) is 79.7 Å². The van der Waals surface area contributed by atoms with Crippen LogP contribution in [0.3, 0.4) is 0 Å². The third-order valence-electron chi connectivity index (χ3n) is 4.13. The van der Waals surface area contributed by atoms with Crippen molar-refractivity contribution in [2.24, 2.45) is 4.99 Å². The molecule has 0 N–H and O–H groups in total. The molecular weight excluding hydrogens is 310 g/mol. The maximum absolute atomic E-state index is 12.3. The van der Waals surface area contributed by atoms with Gasteiger partial charge in [0.2, 0.25) is 0 Å². The SMILES string of the molecule is CC.CC.Cc1nc2ccccc2c(C2=NC(C)(C)C(=O)N2C)c1C. The molecule has 2 heterocycles. The molecule has 1 aliphatic heterocycles. The Balaban J connectivity index is 0.000000730. The van der Waals surface area contributed by atoms with Gasteiger partial charge >= 0.3 is 0 Å². The monoisotopic (exact) mass is 341 g/mol. The molecule has 3 rings (SSSR count). The van der Waals surface area contributed by atoms with Crippen molar-refractivity contribution >= 4 is 22.6 Å². The molecule has 0 saturated heterocycles. The Bertz CT molecular complexity index is 791. The van der Waals surface area contributed by atoms with Crippen LogP contribution in [0.15, 0.2) is 29.3 Å². The highest BCUT2D eigenvalue weighted by Crippen LogP contribution is 2.30. The first-order valence-electron chi connectivity index (χ1n) is 9.07. The van der Waals surface area contributed by atoms with E-state index in [2.05, 4.69) is 9.98 Å². The van der Waals surface area contributed by atoms with Gasteiger partial charge in [-0.1, -0.05) is 45.9 Å². The van der Waals surface area contributed by atoms with Crippen molar-refractivity contribution in [3.05, 3.63) is 41.1 Å². The maximum Gasteiger partial charge on any atom is 0.255 e. The summed E-state index contributed by atoms with van der Waals surface area (Å²) < 4.78 is 0. The molecule has 4 heteroatoms. The molecule has 0 fully saturated rings. The number of pyridine rings is 1. The number of hydrogen-bond acceptors (Lipinski definition) is 3. The van der Waals surface area contributed by atoms with Gasteiger partial charge in [-0.15, -0.1) is 0 Å². The maximum atomic E-state index is 12.3. The molecule has 0 saturated carbocycles. The van der Waals surface area contributed by atoms with Crippen LogP contribution in [-0.2, 0) is 4.79 Å². The van der Waals surface area contributed by atoms with Gasteiger partial charge in [0.25, 0.3) is 5.91 Å². The van der Waals surface area contributed by atoms with E-state index >= 15 is 0 Å². The summed E-state index contributed by atoms with van der Waals surface area (Å²) in [5.41, 5.74) is 3.29. The Kier molecular flexibility index (Phi) is 6.86. The molecule has 25 heavy (non-hydrogen) atoms. The summed E-state index contributed by atoms with van der Waals surface area (Å²) in [7, 11) is 1.79. The number of fused-ring (bicyclic) bond motifs is 1. The van der Waals surface area contributed by atoms with Gasteiger partial charge in [-0.05, 0) is 39.3 Å². The predicted molar refractivity (Wildman–Crippen MR) is 107 cm³/mol.